The lowest BCUT2D eigenvalue weighted by Crippen LogP contribution is -2.46. The number of amides is 2. The Morgan fingerprint density at radius 2 is 2.16 bits per heavy atom. The van der Waals surface area contributed by atoms with Crippen LogP contribution in [0.2, 0.25) is 0 Å². The Bertz CT molecular complexity index is 999. The molecule has 31 heavy (non-hydrogen) atoms. The van der Waals surface area contributed by atoms with Crippen molar-refractivity contribution in [3.63, 3.8) is 0 Å². The number of carbonyl (C=O) groups is 4. The molecule has 0 saturated carbocycles. The lowest BCUT2D eigenvalue weighted by Gasteiger charge is -2.22. The van der Waals surface area contributed by atoms with E-state index in [1.165, 1.54) is 13.4 Å². The third-order valence-corrected chi connectivity index (χ3v) is 6.63. The Hall–Kier alpha value is -2.66. The van der Waals surface area contributed by atoms with Crippen molar-refractivity contribution in [2.75, 3.05) is 24.4 Å². The molecular formula is C20H23N3O6S2. The molecule has 2 heterocycles. The number of hydrogen-bond acceptors (Lipinski definition) is 9. The number of thioether (sulfide) groups is 1. The van der Waals surface area contributed by atoms with Gasteiger partial charge < -0.3 is 14.5 Å². The summed E-state index contributed by atoms with van der Waals surface area (Å²) >= 11 is 2.65. The molecule has 1 aliphatic carbocycles. The van der Waals surface area contributed by atoms with E-state index in [4.69, 9.17) is 9.15 Å². The Morgan fingerprint density at radius 3 is 2.81 bits per heavy atom. The van der Waals surface area contributed by atoms with Gasteiger partial charge in [0.1, 0.15) is 11.8 Å². The average Bonchev–Trinajstić information content (AvgIpc) is 3.36. The van der Waals surface area contributed by atoms with E-state index in [1.807, 2.05) is 6.26 Å². The number of aryl methyl sites for hydroxylation is 1. The number of nitrogens with one attached hydrogen (secondary N) is 2. The number of furan rings is 1. The summed E-state index contributed by atoms with van der Waals surface area (Å²) in [5.41, 5.74) is 0.857. The number of anilines is 1. The molecule has 1 aliphatic rings. The number of fused-ring (bicyclic) bond motifs is 1. The third-order valence-electron chi connectivity index (χ3n) is 4.93. The molecular weight excluding hydrogens is 442 g/mol. The summed E-state index contributed by atoms with van der Waals surface area (Å²) in [4.78, 5) is 54.5. The number of methoxy groups -OCH3 is 1. The molecule has 0 unspecified atom stereocenters. The molecule has 2 aromatic heterocycles. The van der Waals surface area contributed by atoms with Gasteiger partial charge in [0, 0.05) is 12.8 Å². The second-order valence-corrected chi connectivity index (χ2v) is 9.02. The van der Waals surface area contributed by atoms with E-state index in [-0.39, 0.29) is 35.6 Å². The molecule has 166 valence electrons. The summed E-state index contributed by atoms with van der Waals surface area (Å²) < 4.78 is 9.90. The summed E-state index contributed by atoms with van der Waals surface area (Å²) in [6.07, 6.45) is 4.03. The van der Waals surface area contributed by atoms with Gasteiger partial charge in [-0.1, -0.05) is 11.3 Å². The molecule has 0 fully saturated rings. The van der Waals surface area contributed by atoms with Crippen LogP contribution in [0.15, 0.2) is 16.7 Å². The second-order valence-electron chi connectivity index (χ2n) is 7.03. The molecule has 2 aromatic rings. The predicted molar refractivity (Wildman–Crippen MR) is 117 cm³/mol. The fourth-order valence-electron chi connectivity index (χ4n) is 3.27. The summed E-state index contributed by atoms with van der Waals surface area (Å²) in [6.45, 7) is 1.68. The maximum Gasteiger partial charge on any atom is 0.328 e. The zero-order chi connectivity index (χ0) is 22.5. The molecule has 0 aromatic carbocycles. The largest absolute Gasteiger partial charge is 0.469 e. The van der Waals surface area contributed by atoms with Crippen LogP contribution in [0.4, 0.5) is 5.13 Å². The number of rotatable bonds is 8. The lowest BCUT2D eigenvalue weighted by molar-refractivity contribution is -0.145. The summed E-state index contributed by atoms with van der Waals surface area (Å²) in [7, 11) is 1.27. The van der Waals surface area contributed by atoms with E-state index in [2.05, 4.69) is 15.6 Å². The normalized spacial score (nSPS) is 16.4. The SMILES string of the molecule is COC(=O)[C@H](CCSC)NC(=O)[C@@H]1CC(=O)c2sc(NC(=O)c3ccoc3C)nc2C1. The number of Topliss-reactive ketones (excluding diaryl/α,β-unsaturated/α-hetero) is 1. The molecule has 0 saturated heterocycles. The quantitative estimate of drug-likeness (QED) is 0.569. The van der Waals surface area contributed by atoms with Gasteiger partial charge in [-0.2, -0.15) is 11.8 Å². The Labute approximate surface area is 187 Å². The molecule has 0 spiro atoms. The molecule has 2 atom stereocenters. The standard InChI is InChI=1S/C20H23N3O6S2/c1-10-12(4-6-29-10)18(26)23-20-22-14-8-11(9-15(24)16(14)31-20)17(25)21-13(5-7-30-3)19(27)28-2/h4,6,11,13H,5,7-9H2,1-3H3,(H,21,25)(H,22,23,26)/t11-,13-/m0/s1. The maximum atomic E-state index is 12.7. The monoisotopic (exact) mass is 465 g/mol. The molecule has 0 bridgehead atoms. The van der Waals surface area contributed by atoms with Crippen LogP contribution in [0.1, 0.15) is 44.3 Å². The van der Waals surface area contributed by atoms with Gasteiger partial charge >= 0.3 is 5.97 Å². The zero-order valence-electron chi connectivity index (χ0n) is 17.4. The number of carbonyl (C=O) groups excluding carboxylic acids is 4. The molecule has 11 heteroatoms. The zero-order valence-corrected chi connectivity index (χ0v) is 19.0. The average molecular weight is 466 g/mol. The first-order valence-corrected chi connectivity index (χ1v) is 11.8. The van der Waals surface area contributed by atoms with Crippen molar-refractivity contribution in [1.29, 1.82) is 0 Å². The molecule has 0 aliphatic heterocycles. The number of esters is 1. The fraction of sp³-hybridized carbons (Fsp3) is 0.450. The minimum atomic E-state index is -0.759. The van der Waals surface area contributed by atoms with E-state index in [1.54, 1.807) is 24.8 Å². The van der Waals surface area contributed by atoms with Crippen molar-refractivity contribution in [1.82, 2.24) is 10.3 Å². The first-order chi connectivity index (χ1) is 14.8. The van der Waals surface area contributed by atoms with Gasteiger partial charge in [0.05, 0.1) is 35.4 Å². The minimum Gasteiger partial charge on any atom is -0.469 e. The number of hydrogen-bond donors (Lipinski definition) is 2. The first kappa shape index (κ1) is 23.0. The van der Waals surface area contributed by atoms with Crippen molar-refractivity contribution in [2.45, 2.75) is 32.2 Å². The smallest absolute Gasteiger partial charge is 0.328 e. The summed E-state index contributed by atoms with van der Waals surface area (Å²) in [5, 5.41) is 5.67. The lowest BCUT2D eigenvalue weighted by atomic mass is 9.89. The van der Waals surface area contributed by atoms with Gasteiger partial charge in [0.15, 0.2) is 10.9 Å². The number of nitrogens with zero attached hydrogens (tertiary/aromatic N) is 1. The van der Waals surface area contributed by atoms with Crippen LogP contribution in [-0.4, -0.2) is 53.7 Å². The van der Waals surface area contributed by atoms with Crippen LogP contribution >= 0.6 is 23.1 Å². The van der Waals surface area contributed by atoms with Crippen molar-refractivity contribution < 1.29 is 28.3 Å². The van der Waals surface area contributed by atoms with Crippen LogP contribution in [0, 0.1) is 12.8 Å². The van der Waals surface area contributed by atoms with E-state index >= 15 is 0 Å². The van der Waals surface area contributed by atoms with Crippen molar-refractivity contribution >= 4 is 51.8 Å². The number of ketones is 1. The first-order valence-electron chi connectivity index (χ1n) is 9.59. The van der Waals surface area contributed by atoms with Crippen LogP contribution in [0.5, 0.6) is 0 Å². The van der Waals surface area contributed by atoms with Gasteiger partial charge in [-0.25, -0.2) is 9.78 Å². The summed E-state index contributed by atoms with van der Waals surface area (Å²) in [5.74, 6) is -0.969. The predicted octanol–water partition coefficient (Wildman–Crippen LogP) is 2.45. The second kappa shape index (κ2) is 10.1. The molecule has 0 radical (unpaired) electrons. The van der Waals surface area contributed by atoms with E-state index in [0.29, 0.717) is 34.1 Å². The summed E-state index contributed by atoms with van der Waals surface area (Å²) in [6, 6.07) is 0.795. The highest BCUT2D eigenvalue weighted by Crippen LogP contribution is 2.32. The van der Waals surface area contributed by atoms with Gasteiger partial charge in [0.25, 0.3) is 5.91 Å². The van der Waals surface area contributed by atoms with E-state index in [0.717, 1.165) is 11.3 Å². The maximum absolute atomic E-state index is 12.7. The van der Waals surface area contributed by atoms with Crippen molar-refractivity contribution in [2.24, 2.45) is 5.92 Å². The molecule has 2 amide bonds. The van der Waals surface area contributed by atoms with E-state index < -0.39 is 17.9 Å². The molecule has 2 N–H and O–H groups in total. The fourth-order valence-corrected chi connectivity index (χ4v) is 4.68. The van der Waals surface area contributed by atoms with Gasteiger partial charge in [0.2, 0.25) is 5.91 Å². The number of aromatic nitrogens is 1. The van der Waals surface area contributed by atoms with Crippen LogP contribution < -0.4 is 10.6 Å². The highest BCUT2D eigenvalue weighted by Gasteiger charge is 2.35. The highest BCUT2D eigenvalue weighted by atomic mass is 32.2. The van der Waals surface area contributed by atoms with Gasteiger partial charge in [-0.3, -0.25) is 19.7 Å². The van der Waals surface area contributed by atoms with E-state index in [9.17, 15) is 19.2 Å². The Kier molecular flexibility index (Phi) is 7.50. The number of thiazole rings is 1. The van der Waals surface area contributed by atoms with Crippen LogP contribution in [-0.2, 0) is 20.7 Å². The molecule has 9 nitrogen and oxygen atoms in total. The van der Waals surface area contributed by atoms with Crippen LogP contribution in [0.25, 0.3) is 0 Å². The van der Waals surface area contributed by atoms with Crippen molar-refractivity contribution in [3.05, 3.63) is 34.2 Å². The minimum absolute atomic E-state index is 0.0195. The highest BCUT2D eigenvalue weighted by molar-refractivity contribution is 7.98. The Morgan fingerprint density at radius 1 is 1.39 bits per heavy atom. The van der Waals surface area contributed by atoms with Crippen molar-refractivity contribution in [3.8, 4) is 0 Å². The topological polar surface area (TPSA) is 128 Å². The Balaban J connectivity index is 1.69. The van der Waals surface area contributed by atoms with Gasteiger partial charge in [-0.05, 0) is 31.4 Å². The third kappa shape index (κ3) is 5.34. The molecule has 3 rings (SSSR count). The van der Waals surface area contributed by atoms with Gasteiger partial charge in [-0.15, -0.1) is 0 Å². The van der Waals surface area contributed by atoms with Crippen LogP contribution in [0.3, 0.4) is 0 Å². The number of ether oxygens (including phenoxy) is 1.